The third-order valence-corrected chi connectivity index (χ3v) is 4.12. The van der Waals surface area contributed by atoms with Gasteiger partial charge in [0.15, 0.2) is 0 Å². The molecular weight excluding hydrogens is 357 g/mol. The molecule has 2 aromatic heterocycles. The van der Waals surface area contributed by atoms with E-state index in [1.807, 2.05) is 6.92 Å². The van der Waals surface area contributed by atoms with Crippen LogP contribution < -0.4 is 15.8 Å². The van der Waals surface area contributed by atoms with Crippen molar-refractivity contribution in [1.82, 2.24) is 9.97 Å². The number of nitrogens with two attached hydrogens (primary N) is 1. The van der Waals surface area contributed by atoms with Crippen LogP contribution in [0.5, 0.6) is 5.75 Å². The van der Waals surface area contributed by atoms with Crippen molar-refractivity contribution in [2.24, 2.45) is 5.73 Å². The molecule has 1 aromatic carbocycles. The number of pyridine rings is 2. The Morgan fingerprint density at radius 1 is 1.11 bits per heavy atom. The van der Waals surface area contributed by atoms with Gasteiger partial charge in [0.25, 0.3) is 0 Å². The molecule has 0 fully saturated rings. The summed E-state index contributed by atoms with van der Waals surface area (Å²) in [5.74, 6) is 1.07. The van der Waals surface area contributed by atoms with Crippen molar-refractivity contribution in [3.8, 4) is 17.0 Å². The lowest BCUT2D eigenvalue weighted by Crippen LogP contribution is -2.29. The molecule has 0 aliphatic heterocycles. The first-order valence-electron chi connectivity index (χ1n) is 8.37. The second kappa shape index (κ2) is 7.40. The number of methoxy groups -OCH3 is 1. The highest BCUT2D eigenvalue weighted by molar-refractivity contribution is 5.92. The van der Waals surface area contributed by atoms with E-state index in [0.29, 0.717) is 29.1 Å². The van der Waals surface area contributed by atoms with Gasteiger partial charge >= 0.3 is 6.18 Å². The van der Waals surface area contributed by atoms with Crippen LogP contribution in [0.2, 0.25) is 0 Å². The third kappa shape index (κ3) is 4.11. The fraction of sp³-hybridized carbons (Fsp3) is 0.263. The summed E-state index contributed by atoms with van der Waals surface area (Å²) < 4.78 is 44.3. The van der Waals surface area contributed by atoms with Crippen LogP contribution in [0, 0.1) is 0 Å². The van der Waals surface area contributed by atoms with E-state index in [2.05, 4.69) is 15.3 Å². The number of hydrogen-bond acceptors (Lipinski definition) is 5. The second-order valence-electron chi connectivity index (χ2n) is 6.00. The van der Waals surface area contributed by atoms with Gasteiger partial charge in [-0.15, -0.1) is 0 Å². The minimum Gasteiger partial charge on any atom is -0.497 e. The number of anilines is 1. The minimum absolute atomic E-state index is 0.191. The fourth-order valence-electron chi connectivity index (χ4n) is 2.58. The normalized spacial score (nSPS) is 12.8. The second-order valence-corrected chi connectivity index (χ2v) is 6.00. The van der Waals surface area contributed by atoms with Crippen molar-refractivity contribution in [3.63, 3.8) is 0 Å². The molecule has 3 rings (SSSR count). The molecule has 0 saturated heterocycles. The summed E-state index contributed by atoms with van der Waals surface area (Å²) in [5.41, 5.74) is 6.41. The Kier molecular flexibility index (Phi) is 5.18. The zero-order chi connectivity index (χ0) is 19.6. The van der Waals surface area contributed by atoms with Crippen LogP contribution in [0.15, 0.2) is 42.5 Å². The number of benzene rings is 1. The third-order valence-electron chi connectivity index (χ3n) is 4.12. The molecule has 5 nitrogen and oxygen atoms in total. The van der Waals surface area contributed by atoms with Crippen LogP contribution in [0.1, 0.15) is 19.0 Å². The predicted octanol–water partition coefficient (Wildman–Crippen LogP) is 4.43. The lowest BCUT2D eigenvalue weighted by atomic mass is 10.1. The van der Waals surface area contributed by atoms with E-state index in [4.69, 9.17) is 10.5 Å². The van der Waals surface area contributed by atoms with E-state index in [-0.39, 0.29) is 11.7 Å². The maximum absolute atomic E-state index is 13.1. The highest BCUT2D eigenvalue weighted by atomic mass is 19.4. The van der Waals surface area contributed by atoms with E-state index in [1.54, 1.807) is 31.4 Å². The number of nitrogens with zero attached hydrogens (tertiary/aromatic N) is 2. The Balaban J connectivity index is 2.17. The van der Waals surface area contributed by atoms with Gasteiger partial charge in [-0.2, -0.15) is 13.2 Å². The van der Waals surface area contributed by atoms with Crippen molar-refractivity contribution < 1.29 is 17.9 Å². The van der Waals surface area contributed by atoms with E-state index >= 15 is 0 Å². The zero-order valence-electron chi connectivity index (χ0n) is 14.8. The van der Waals surface area contributed by atoms with Crippen LogP contribution in [0.3, 0.4) is 0 Å². The van der Waals surface area contributed by atoms with Gasteiger partial charge in [-0.1, -0.05) is 6.92 Å². The number of halogens is 3. The van der Waals surface area contributed by atoms with E-state index in [1.165, 1.54) is 12.1 Å². The van der Waals surface area contributed by atoms with Crippen LogP contribution >= 0.6 is 0 Å². The Bertz CT molecular complexity index is 942. The van der Waals surface area contributed by atoms with E-state index in [9.17, 15) is 13.2 Å². The standard InChI is InChI=1S/C19H19F3N4O/c1-3-17(23)26-18-13-8-9-16(19(20,21)22)24-15(13)10-14(25-18)11-4-6-12(27-2)7-5-11/h4-10,17H,3,23H2,1-2H3,(H,25,26). The quantitative estimate of drug-likeness (QED) is 0.645. The van der Waals surface area contributed by atoms with Gasteiger partial charge in [-0.25, -0.2) is 9.97 Å². The maximum atomic E-state index is 13.1. The Hall–Kier alpha value is -2.87. The average molecular weight is 376 g/mol. The zero-order valence-corrected chi connectivity index (χ0v) is 14.8. The number of alkyl halides is 3. The topological polar surface area (TPSA) is 73.1 Å². The fourth-order valence-corrected chi connectivity index (χ4v) is 2.58. The number of ether oxygens (including phenoxy) is 1. The molecule has 1 atom stereocenters. The number of aromatic nitrogens is 2. The molecule has 3 aromatic rings. The molecule has 0 amide bonds. The van der Waals surface area contributed by atoms with Gasteiger partial charge in [-0.05, 0) is 48.9 Å². The minimum atomic E-state index is -4.52. The monoisotopic (exact) mass is 376 g/mol. The predicted molar refractivity (Wildman–Crippen MR) is 98.4 cm³/mol. The molecule has 0 radical (unpaired) electrons. The SMILES string of the molecule is CCC(N)Nc1nc(-c2ccc(OC)cc2)cc2nc(C(F)(F)F)ccc12. The first-order chi connectivity index (χ1) is 12.8. The van der Waals surface area contributed by atoms with Crippen molar-refractivity contribution in [1.29, 1.82) is 0 Å². The molecule has 0 aliphatic rings. The number of rotatable bonds is 5. The van der Waals surface area contributed by atoms with Gasteiger partial charge < -0.3 is 15.8 Å². The molecule has 1 unspecified atom stereocenters. The molecule has 2 heterocycles. The molecule has 8 heteroatoms. The summed E-state index contributed by atoms with van der Waals surface area (Å²) in [4.78, 5) is 8.34. The maximum Gasteiger partial charge on any atom is 0.433 e. The first-order valence-corrected chi connectivity index (χ1v) is 8.37. The number of nitrogens with one attached hydrogen (secondary N) is 1. The molecule has 0 saturated carbocycles. The Labute approximate surface area is 154 Å². The average Bonchev–Trinajstić information content (AvgIpc) is 2.66. The highest BCUT2D eigenvalue weighted by Crippen LogP contribution is 2.32. The Morgan fingerprint density at radius 3 is 2.41 bits per heavy atom. The van der Waals surface area contributed by atoms with E-state index in [0.717, 1.165) is 11.6 Å². The molecule has 27 heavy (non-hydrogen) atoms. The summed E-state index contributed by atoms with van der Waals surface area (Å²) in [5, 5.41) is 3.52. The molecule has 142 valence electrons. The molecule has 0 aliphatic carbocycles. The van der Waals surface area contributed by atoms with Crippen molar-refractivity contribution in [2.75, 3.05) is 12.4 Å². The van der Waals surface area contributed by atoms with Gasteiger partial charge in [0.1, 0.15) is 17.3 Å². The van der Waals surface area contributed by atoms with Crippen LogP contribution in [-0.4, -0.2) is 23.2 Å². The lowest BCUT2D eigenvalue weighted by molar-refractivity contribution is -0.140. The lowest BCUT2D eigenvalue weighted by Gasteiger charge is -2.16. The molecule has 0 bridgehead atoms. The van der Waals surface area contributed by atoms with Crippen molar-refractivity contribution in [2.45, 2.75) is 25.7 Å². The van der Waals surface area contributed by atoms with Crippen LogP contribution in [-0.2, 0) is 6.18 Å². The smallest absolute Gasteiger partial charge is 0.433 e. The first kappa shape index (κ1) is 18.9. The van der Waals surface area contributed by atoms with Gasteiger partial charge in [-0.3, -0.25) is 0 Å². The Morgan fingerprint density at radius 2 is 1.81 bits per heavy atom. The van der Waals surface area contributed by atoms with Gasteiger partial charge in [0, 0.05) is 10.9 Å². The van der Waals surface area contributed by atoms with Crippen molar-refractivity contribution in [3.05, 3.63) is 48.2 Å². The van der Waals surface area contributed by atoms with Gasteiger partial charge in [0.2, 0.25) is 0 Å². The molecule has 0 spiro atoms. The summed E-state index contributed by atoms with van der Waals surface area (Å²) in [6.45, 7) is 1.90. The van der Waals surface area contributed by atoms with E-state index < -0.39 is 11.9 Å². The summed E-state index contributed by atoms with van der Waals surface area (Å²) >= 11 is 0. The largest absolute Gasteiger partial charge is 0.497 e. The number of fused-ring (bicyclic) bond motifs is 1. The van der Waals surface area contributed by atoms with Crippen LogP contribution in [0.25, 0.3) is 22.2 Å². The summed E-state index contributed by atoms with van der Waals surface area (Å²) in [6, 6.07) is 10.9. The molecular formula is C19H19F3N4O. The molecule has 3 N–H and O–H groups in total. The highest BCUT2D eigenvalue weighted by Gasteiger charge is 2.32. The number of hydrogen-bond donors (Lipinski definition) is 2. The summed E-state index contributed by atoms with van der Waals surface area (Å²) in [6.07, 6.45) is -4.27. The van der Waals surface area contributed by atoms with Crippen molar-refractivity contribution >= 4 is 16.7 Å². The van der Waals surface area contributed by atoms with Crippen LogP contribution in [0.4, 0.5) is 19.0 Å². The van der Waals surface area contributed by atoms with Gasteiger partial charge in [0.05, 0.1) is 24.5 Å². The summed E-state index contributed by atoms with van der Waals surface area (Å²) in [7, 11) is 1.56.